The molecule has 1 aromatic rings. The van der Waals surface area contributed by atoms with Crippen LogP contribution in [0.15, 0.2) is 24.0 Å². The number of carbonyl (C=O) groups is 2. The van der Waals surface area contributed by atoms with Crippen molar-refractivity contribution in [3.05, 3.63) is 29.5 Å². The van der Waals surface area contributed by atoms with E-state index in [0.29, 0.717) is 22.8 Å². The Morgan fingerprint density at radius 1 is 1.13 bits per heavy atom. The van der Waals surface area contributed by atoms with E-state index in [1.807, 2.05) is 0 Å². The van der Waals surface area contributed by atoms with Gasteiger partial charge >= 0.3 is 0 Å². The monoisotopic (exact) mass is 318 g/mol. The molecule has 0 radical (unpaired) electrons. The van der Waals surface area contributed by atoms with Crippen molar-refractivity contribution < 1.29 is 28.5 Å². The summed E-state index contributed by atoms with van der Waals surface area (Å²) >= 11 is 0. The minimum Gasteiger partial charge on any atom is -0.496 e. The molecule has 0 N–H and O–H groups in total. The van der Waals surface area contributed by atoms with Gasteiger partial charge in [0.15, 0.2) is 11.5 Å². The van der Waals surface area contributed by atoms with Crippen LogP contribution in [0.25, 0.3) is 0 Å². The maximum atomic E-state index is 13.2. The Kier molecular flexibility index (Phi) is 3.55. The lowest BCUT2D eigenvalue weighted by Gasteiger charge is -2.36. The third kappa shape index (κ3) is 2.01. The van der Waals surface area contributed by atoms with E-state index in [2.05, 4.69) is 0 Å². The molecule has 1 heterocycles. The maximum Gasteiger partial charge on any atom is 0.231 e. The largest absolute Gasteiger partial charge is 0.496 e. The molecule has 2 aliphatic rings. The number of rotatable bonds is 3. The Labute approximate surface area is 134 Å². The topological polar surface area (TPSA) is 71.1 Å². The zero-order valence-corrected chi connectivity index (χ0v) is 13.5. The number of hydrogen-bond donors (Lipinski definition) is 0. The van der Waals surface area contributed by atoms with Gasteiger partial charge in [-0.1, -0.05) is 6.92 Å². The van der Waals surface area contributed by atoms with E-state index in [-0.39, 0.29) is 29.7 Å². The minimum atomic E-state index is -1.33. The smallest absolute Gasteiger partial charge is 0.231 e. The Balaban J connectivity index is 2.20. The van der Waals surface area contributed by atoms with E-state index in [1.54, 1.807) is 19.1 Å². The quantitative estimate of drug-likeness (QED) is 0.850. The molecule has 1 aliphatic carbocycles. The summed E-state index contributed by atoms with van der Waals surface area (Å²) in [5.41, 5.74) is -0.984. The average molecular weight is 318 g/mol. The maximum absolute atomic E-state index is 13.2. The molecule has 1 spiro atoms. The molecule has 23 heavy (non-hydrogen) atoms. The minimum absolute atomic E-state index is 0.0862. The van der Waals surface area contributed by atoms with Gasteiger partial charge in [0.1, 0.15) is 22.8 Å². The summed E-state index contributed by atoms with van der Waals surface area (Å²) < 4.78 is 21.9. The summed E-state index contributed by atoms with van der Waals surface area (Å²) in [4.78, 5) is 25.0. The highest BCUT2D eigenvalue weighted by Gasteiger charge is 2.59. The molecule has 0 aromatic heterocycles. The Morgan fingerprint density at radius 2 is 1.87 bits per heavy atom. The van der Waals surface area contributed by atoms with E-state index in [4.69, 9.17) is 18.9 Å². The Hall–Kier alpha value is -2.50. The standard InChI is InChI=1S/C17H18O6/c1-9-5-10(18)6-14(22-4)17(9)16(19)15-12(21-3)7-11(20-2)8-13(15)23-17/h6-9H,5H2,1-4H3/t9-,17+/m1/s1. The third-order valence-electron chi connectivity index (χ3n) is 4.41. The number of carbonyl (C=O) groups excluding carboxylic acids is 2. The van der Waals surface area contributed by atoms with Crippen LogP contribution in [0.5, 0.6) is 17.2 Å². The predicted octanol–water partition coefficient (Wildman–Crippen LogP) is 2.16. The normalized spacial score (nSPS) is 25.7. The SMILES string of the molecule is COC1=CC(=O)C[C@@H](C)[C@]12Oc1cc(OC)cc(OC)c1C2=O. The van der Waals surface area contributed by atoms with Crippen LogP contribution in [0.1, 0.15) is 23.7 Å². The number of allylic oxidation sites excluding steroid dienone is 1. The summed E-state index contributed by atoms with van der Waals surface area (Å²) in [6.45, 7) is 1.80. The number of Topliss-reactive ketones (excluding diaryl/α,β-unsaturated/α-hetero) is 1. The van der Waals surface area contributed by atoms with Gasteiger partial charge in [-0.2, -0.15) is 0 Å². The Morgan fingerprint density at radius 3 is 2.48 bits per heavy atom. The lowest BCUT2D eigenvalue weighted by atomic mass is 9.75. The predicted molar refractivity (Wildman–Crippen MR) is 81.1 cm³/mol. The lowest BCUT2D eigenvalue weighted by Crippen LogP contribution is -2.51. The van der Waals surface area contributed by atoms with Crippen molar-refractivity contribution in [2.75, 3.05) is 21.3 Å². The molecule has 1 aromatic carbocycles. The fourth-order valence-corrected chi connectivity index (χ4v) is 3.25. The van der Waals surface area contributed by atoms with E-state index >= 15 is 0 Å². The van der Waals surface area contributed by atoms with Gasteiger partial charge in [-0.25, -0.2) is 0 Å². The number of fused-ring (bicyclic) bond motifs is 1. The van der Waals surface area contributed by atoms with Crippen molar-refractivity contribution in [3.8, 4) is 17.2 Å². The van der Waals surface area contributed by atoms with Crippen molar-refractivity contribution in [3.63, 3.8) is 0 Å². The number of ketones is 2. The molecule has 0 unspecified atom stereocenters. The number of benzene rings is 1. The van der Waals surface area contributed by atoms with Crippen molar-refractivity contribution in [1.82, 2.24) is 0 Å². The molecule has 0 amide bonds. The summed E-state index contributed by atoms with van der Waals surface area (Å²) in [5.74, 6) is 0.787. The van der Waals surface area contributed by atoms with Gasteiger partial charge in [0.2, 0.25) is 11.4 Å². The van der Waals surface area contributed by atoms with Crippen LogP contribution in [0, 0.1) is 5.92 Å². The summed E-state index contributed by atoms with van der Waals surface area (Å²) in [7, 11) is 4.43. The molecular formula is C17H18O6. The lowest BCUT2D eigenvalue weighted by molar-refractivity contribution is -0.118. The molecule has 0 bridgehead atoms. The fraction of sp³-hybridized carbons (Fsp3) is 0.412. The van der Waals surface area contributed by atoms with Gasteiger partial charge in [-0.05, 0) is 0 Å². The van der Waals surface area contributed by atoms with Gasteiger partial charge in [0.05, 0.1) is 21.3 Å². The van der Waals surface area contributed by atoms with Crippen LogP contribution in [0.3, 0.4) is 0 Å². The molecular weight excluding hydrogens is 300 g/mol. The second-order valence-corrected chi connectivity index (χ2v) is 5.65. The molecule has 0 saturated heterocycles. The van der Waals surface area contributed by atoms with Gasteiger partial charge < -0.3 is 18.9 Å². The molecule has 1 aliphatic heterocycles. The second-order valence-electron chi connectivity index (χ2n) is 5.65. The van der Waals surface area contributed by atoms with Crippen LogP contribution in [0.4, 0.5) is 0 Å². The average Bonchev–Trinajstić information content (AvgIpc) is 2.84. The van der Waals surface area contributed by atoms with Gasteiger partial charge in [0.25, 0.3) is 0 Å². The summed E-state index contributed by atoms with van der Waals surface area (Å²) in [6, 6.07) is 3.27. The van der Waals surface area contributed by atoms with Crippen molar-refractivity contribution in [2.45, 2.75) is 18.9 Å². The molecule has 2 atom stereocenters. The zero-order chi connectivity index (χ0) is 16.8. The second kappa shape index (κ2) is 5.30. The first-order chi connectivity index (χ1) is 11.0. The molecule has 122 valence electrons. The van der Waals surface area contributed by atoms with E-state index in [0.717, 1.165) is 0 Å². The van der Waals surface area contributed by atoms with Crippen molar-refractivity contribution >= 4 is 11.6 Å². The first kappa shape index (κ1) is 15.4. The number of hydrogen-bond acceptors (Lipinski definition) is 6. The zero-order valence-electron chi connectivity index (χ0n) is 13.5. The van der Waals surface area contributed by atoms with Gasteiger partial charge in [-0.15, -0.1) is 0 Å². The number of ether oxygens (including phenoxy) is 4. The van der Waals surface area contributed by atoms with E-state index in [1.165, 1.54) is 27.4 Å². The van der Waals surface area contributed by atoms with E-state index < -0.39 is 5.60 Å². The molecule has 0 fully saturated rings. The number of methoxy groups -OCH3 is 3. The van der Waals surface area contributed by atoms with E-state index in [9.17, 15) is 9.59 Å². The van der Waals surface area contributed by atoms with Gasteiger partial charge in [0, 0.05) is 30.5 Å². The van der Waals surface area contributed by atoms with Crippen molar-refractivity contribution in [2.24, 2.45) is 5.92 Å². The Bertz CT molecular complexity index is 720. The van der Waals surface area contributed by atoms with Crippen LogP contribution in [0.2, 0.25) is 0 Å². The third-order valence-corrected chi connectivity index (χ3v) is 4.41. The first-order valence-corrected chi connectivity index (χ1v) is 7.26. The molecule has 3 rings (SSSR count). The summed E-state index contributed by atoms with van der Waals surface area (Å²) in [5, 5.41) is 0. The fourth-order valence-electron chi connectivity index (χ4n) is 3.25. The van der Waals surface area contributed by atoms with Crippen LogP contribution >= 0.6 is 0 Å². The van der Waals surface area contributed by atoms with Crippen LogP contribution in [-0.4, -0.2) is 38.5 Å². The highest BCUT2D eigenvalue weighted by molar-refractivity contribution is 6.13. The van der Waals surface area contributed by atoms with Crippen LogP contribution < -0.4 is 14.2 Å². The highest BCUT2D eigenvalue weighted by Crippen LogP contribution is 2.50. The molecule has 6 nitrogen and oxygen atoms in total. The van der Waals surface area contributed by atoms with Gasteiger partial charge in [-0.3, -0.25) is 9.59 Å². The molecule has 0 saturated carbocycles. The van der Waals surface area contributed by atoms with Crippen LogP contribution in [-0.2, 0) is 9.53 Å². The molecule has 6 heteroatoms. The highest BCUT2D eigenvalue weighted by atomic mass is 16.6. The first-order valence-electron chi connectivity index (χ1n) is 7.26. The summed E-state index contributed by atoms with van der Waals surface area (Å²) in [6.07, 6.45) is 1.56. The van der Waals surface area contributed by atoms with Crippen molar-refractivity contribution in [1.29, 1.82) is 0 Å².